The van der Waals surface area contributed by atoms with Crippen molar-refractivity contribution in [2.45, 2.75) is 44.1 Å². The van der Waals surface area contributed by atoms with Gasteiger partial charge in [-0.25, -0.2) is 4.39 Å². The summed E-state index contributed by atoms with van der Waals surface area (Å²) in [6.07, 6.45) is 4.92. The van der Waals surface area contributed by atoms with Crippen molar-refractivity contribution in [1.82, 2.24) is 0 Å². The van der Waals surface area contributed by atoms with Gasteiger partial charge in [0.1, 0.15) is 0 Å². The van der Waals surface area contributed by atoms with Crippen LogP contribution in [0.25, 0.3) is 0 Å². The predicted octanol–water partition coefficient (Wildman–Crippen LogP) is 3.03. The fourth-order valence-corrected chi connectivity index (χ4v) is 2.90. The van der Waals surface area contributed by atoms with Crippen molar-refractivity contribution in [3.8, 4) is 5.75 Å². The molecule has 1 heterocycles. The molecule has 17 heavy (non-hydrogen) atoms. The molecule has 2 aliphatic rings. The van der Waals surface area contributed by atoms with E-state index in [0.29, 0.717) is 17.7 Å². The molecule has 1 aromatic rings. The highest BCUT2D eigenvalue weighted by atomic mass is 19.1. The molecule has 1 saturated carbocycles. The third kappa shape index (κ3) is 1.65. The van der Waals surface area contributed by atoms with Crippen LogP contribution in [0, 0.1) is 5.82 Å². The van der Waals surface area contributed by atoms with Crippen molar-refractivity contribution in [2.24, 2.45) is 0 Å². The van der Waals surface area contributed by atoms with Crippen LogP contribution in [0.5, 0.6) is 5.75 Å². The molecule has 3 heteroatoms. The highest BCUT2D eigenvalue weighted by Gasteiger charge is 2.45. The first-order chi connectivity index (χ1) is 8.21. The van der Waals surface area contributed by atoms with E-state index in [9.17, 15) is 9.18 Å². The average molecular weight is 234 g/mol. The molecule has 0 bridgehead atoms. The number of halogens is 1. The molecule has 0 aromatic heterocycles. The van der Waals surface area contributed by atoms with Crippen molar-refractivity contribution < 1.29 is 13.9 Å². The van der Waals surface area contributed by atoms with E-state index in [-0.39, 0.29) is 11.6 Å². The minimum Gasteiger partial charge on any atom is -0.476 e. The second-order valence-corrected chi connectivity index (χ2v) is 4.99. The highest BCUT2D eigenvalue weighted by Crippen LogP contribution is 2.40. The van der Waals surface area contributed by atoms with Crippen molar-refractivity contribution in [3.05, 3.63) is 29.6 Å². The molecule has 0 unspecified atom stereocenters. The van der Waals surface area contributed by atoms with Crippen LogP contribution >= 0.6 is 0 Å². The zero-order valence-corrected chi connectivity index (χ0v) is 9.67. The molecular formula is C14H15FO2. The number of hydrogen-bond acceptors (Lipinski definition) is 2. The molecule has 1 aliphatic carbocycles. The van der Waals surface area contributed by atoms with E-state index in [0.717, 1.165) is 32.1 Å². The monoisotopic (exact) mass is 234 g/mol. The van der Waals surface area contributed by atoms with Crippen LogP contribution in [0.15, 0.2) is 18.2 Å². The summed E-state index contributed by atoms with van der Waals surface area (Å²) >= 11 is 0. The van der Waals surface area contributed by atoms with E-state index in [1.54, 1.807) is 12.1 Å². The molecule has 0 saturated heterocycles. The first-order valence-electron chi connectivity index (χ1n) is 6.21. The maximum Gasteiger partial charge on any atom is 0.180 e. The molecule has 0 amide bonds. The van der Waals surface area contributed by atoms with Gasteiger partial charge >= 0.3 is 0 Å². The van der Waals surface area contributed by atoms with E-state index in [1.165, 1.54) is 6.07 Å². The van der Waals surface area contributed by atoms with Gasteiger partial charge < -0.3 is 4.74 Å². The maximum absolute atomic E-state index is 13.7. The highest BCUT2D eigenvalue weighted by molar-refractivity contribution is 5.91. The van der Waals surface area contributed by atoms with Crippen LogP contribution in [-0.2, 0) is 11.2 Å². The second-order valence-electron chi connectivity index (χ2n) is 4.99. The van der Waals surface area contributed by atoms with Crippen molar-refractivity contribution in [3.63, 3.8) is 0 Å². The average Bonchev–Trinajstić information content (AvgIpc) is 2.34. The Morgan fingerprint density at radius 3 is 2.71 bits per heavy atom. The van der Waals surface area contributed by atoms with Gasteiger partial charge in [-0.2, -0.15) is 0 Å². The van der Waals surface area contributed by atoms with Gasteiger partial charge in [0.05, 0.1) is 0 Å². The van der Waals surface area contributed by atoms with Crippen molar-refractivity contribution in [1.29, 1.82) is 0 Å². The molecule has 0 N–H and O–H groups in total. The zero-order chi connectivity index (χ0) is 11.9. The first-order valence-corrected chi connectivity index (χ1v) is 6.21. The Morgan fingerprint density at radius 1 is 1.18 bits per heavy atom. The third-order valence-corrected chi connectivity index (χ3v) is 3.87. The zero-order valence-electron chi connectivity index (χ0n) is 9.67. The number of para-hydroxylation sites is 1. The first kappa shape index (κ1) is 10.8. The van der Waals surface area contributed by atoms with E-state index in [1.807, 2.05) is 0 Å². The summed E-state index contributed by atoms with van der Waals surface area (Å²) in [6.45, 7) is 0. The van der Waals surface area contributed by atoms with Gasteiger partial charge in [0.2, 0.25) is 0 Å². The van der Waals surface area contributed by atoms with E-state index < -0.39 is 5.60 Å². The molecule has 3 rings (SSSR count). The van der Waals surface area contributed by atoms with E-state index >= 15 is 0 Å². The summed E-state index contributed by atoms with van der Waals surface area (Å²) in [7, 11) is 0. The number of fused-ring (bicyclic) bond motifs is 1. The predicted molar refractivity (Wildman–Crippen MR) is 61.6 cm³/mol. The summed E-state index contributed by atoms with van der Waals surface area (Å²) < 4.78 is 19.5. The molecular weight excluding hydrogens is 219 g/mol. The molecule has 1 aliphatic heterocycles. The standard InChI is InChI=1S/C14H15FO2/c15-11-6-4-5-10-9-12(16)14(17-13(10)11)7-2-1-3-8-14/h4-6H,1-3,7-9H2. The van der Waals surface area contributed by atoms with Crippen LogP contribution in [0.4, 0.5) is 4.39 Å². The number of ketones is 1. The molecule has 0 atom stereocenters. The lowest BCUT2D eigenvalue weighted by Crippen LogP contribution is -2.49. The second kappa shape index (κ2) is 3.83. The number of carbonyl (C=O) groups excluding carboxylic acids is 1. The molecule has 0 radical (unpaired) electrons. The Kier molecular flexibility index (Phi) is 2.42. The molecule has 1 spiro atoms. The Hall–Kier alpha value is -1.38. The van der Waals surface area contributed by atoms with Crippen LogP contribution in [0.3, 0.4) is 0 Å². The number of carbonyl (C=O) groups is 1. The van der Waals surface area contributed by atoms with Crippen LogP contribution in [-0.4, -0.2) is 11.4 Å². The molecule has 1 fully saturated rings. The lowest BCUT2D eigenvalue weighted by Gasteiger charge is -2.39. The summed E-state index contributed by atoms with van der Waals surface area (Å²) in [5.41, 5.74) is -0.0424. The Balaban J connectivity index is 2.01. The number of hydrogen-bond donors (Lipinski definition) is 0. The summed E-state index contributed by atoms with van der Waals surface area (Å²) in [5, 5.41) is 0. The number of rotatable bonds is 0. The summed E-state index contributed by atoms with van der Waals surface area (Å²) in [4.78, 5) is 12.2. The Morgan fingerprint density at radius 2 is 1.94 bits per heavy atom. The van der Waals surface area contributed by atoms with Crippen molar-refractivity contribution in [2.75, 3.05) is 0 Å². The van der Waals surface area contributed by atoms with E-state index in [2.05, 4.69) is 0 Å². The van der Waals surface area contributed by atoms with E-state index in [4.69, 9.17) is 4.74 Å². The largest absolute Gasteiger partial charge is 0.476 e. The quantitative estimate of drug-likeness (QED) is 0.689. The molecule has 1 aromatic carbocycles. The Labute approximate surface area is 99.8 Å². The SMILES string of the molecule is O=C1Cc2cccc(F)c2OC12CCCCC2. The topological polar surface area (TPSA) is 26.3 Å². The minimum absolute atomic E-state index is 0.121. The lowest BCUT2D eigenvalue weighted by molar-refractivity contribution is -0.138. The summed E-state index contributed by atoms with van der Waals surface area (Å²) in [6, 6.07) is 4.79. The van der Waals surface area contributed by atoms with Crippen LogP contribution in [0.1, 0.15) is 37.7 Å². The third-order valence-electron chi connectivity index (χ3n) is 3.87. The van der Waals surface area contributed by atoms with Gasteiger partial charge in [-0.3, -0.25) is 4.79 Å². The summed E-state index contributed by atoms with van der Waals surface area (Å²) in [5.74, 6) is 0.0734. The van der Waals surface area contributed by atoms with Gasteiger partial charge in [0, 0.05) is 12.0 Å². The Bertz CT molecular complexity index is 461. The van der Waals surface area contributed by atoms with Crippen LogP contribution in [0.2, 0.25) is 0 Å². The smallest absolute Gasteiger partial charge is 0.180 e. The van der Waals surface area contributed by atoms with Gasteiger partial charge in [0.15, 0.2) is 23.0 Å². The van der Waals surface area contributed by atoms with Gasteiger partial charge in [-0.1, -0.05) is 18.6 Å². The van der Waals surface area contributed by atoms with Crippen LogP contribution < -0.4 is 4.74 Å². The lowest BCUT2D eigenvalue weighted by atomic mass is 9.78. The molecule has 90 valence electrons. The van der Waals surface area contributed by atoms with Crippen molar-refractivity contribution >= 4 is 5.78 Å². The normalized spacial score (nSPS) is 22.1. The number of Topliss-reactive ketones (excluding diaryl/α,β-unsaturated/α-hetero) is 1. The fraction of sp³-hybridized carbons (Fsp3) is 0.500. The maximum atomic E-state index is 13.7. The van der Waals surface area contributed by atoms with Gasteiger partial charge in [-0.15, -0.1) is 0 Å². The number of ether oxygens (including phenoxy) is 1. The van der Waals surface area contributed by atoms with Gasteiger partial charge in [0.25, 0.3) is 0 Å². The van der Waals surface area contributed by atoms with Gasteiger partial charge in [-0.05, 0) is 31.7 Å². The number of benzene rings is 1. The fourth-order valence-electron chi connectivity index (χ4n) is 2.90. The minimum atomic E-state index is -0.729. The molecule has 2 nitrogen and oxygen atoms in total.